The van der Waals surface area contributed by atoms with E-state index in [1.807, 2.05) is 0 Å². The molecule has 0 aliphatic carbocycles. The van der Waals surface area contributed by atoms with Gasteiger partial charge in [-0.25, -0.2) is 0 Å². The van der Waals surface area contributed by atoms with Crippen molar-refractivity contribution in [3.8, 4) is 11.5 Å². The number of aromatic hydroxyl groups is 1. The summed E-state index contributed by atoms with van der Waals surface area (Å²) in [6, 6.07) is 4.90. The van der Waals surface area contributed by atoms with E-state index in [4.69, 9.17) is 4.74 Å². The molecule has 190 valence electrons. The molecule has 0 atom stereocenters. The fourth-order valence-electron chi connectivity index (χ4n) is 4.28. The first-order valence-corrected chi connectivity index (χ1v) is 13.8. The average molecular weight is 462 g/mol. The molecule has 33 heavy (non-hydrogen) atoms. The molecule has 0 fully saturated rings. The van der Waals surface area contributed by atoms with Crippen LogP contribution in [0.3, 0.4) is 0 Å². The number of phenolic OH excluding ortho intramolecular Hbond substituents is 1. The number of carbonyl (C=O) groups is 1. The molecule has 1 aromatic carbocycles. The van der Waals surface area contributed by atoms with Gasteiger partial charge in [0.15, 0.2) is 6.29 Å². The molecule has 0 aliphatic rings. The minimum absolute atomic E-state index is 0.0165. The van der Waals surface area contributed by atoms with Gasteiger partial charge in [-0.15, -0.1) is 0 Å². The van der Waals surface area contributed by atoms with Crippen LogP contribution in [0.5, 0.6) is 11.5 Å². The van der Waals surface area contributed by atoms with E-state index in [0.717, 1.165) is 19.6 Å². The normalized spacial score (nSPS) is 11.2. The molecule has 0 aliphatic heterocycles. The van der Waals surface area contributed by atoms with E-state index >= 15 is 0 Å². The number of hydrogen-bond acceptors (Lipinski definition) is 4. The van der Waals surface area contributed by atoms with E-state index < -0.39 is 0 Å². The number of phenols is 1. The van der Waals surface area contributed by atoms with E-state index in [9.17, 15) is 9.90 Å². The highest BCUT2D eigenvalue weighted by molar-refractivity contribution is 5.79. The van der Waals surface area contributed by atoms with Crippen molar-refractivity contribution >= 4 is 6.29 Å². The lowest BCUT2D eigenvalue weighted by Gasteiger charge is -2.22. The van der Waals surface area contributed by atoms with Crippen LogP contribution in [0.25, 0.3) is 0 Å². The van der Waals surface area contributed by atoms with Gasteiger partial charge >= 0.3 is 0 Å². The van der Waals surface area contributed by atoms with Crippen LogP contribution in [0.1, 0.15) is 127 Å². The number of benzene rings is 1. The van der Waals surface area contributed by atoms with Crippen LogP contribution in [-0.2, 0) is 0 Å². The predicted octanol–water partition coefficient (Wildman–Crippen LogP) is 8.17. The van der Waals surface area contributed by atoms with Crippen LogP contribution in [0.4, 0.5) is 0 Å². The molecule has 4 nitrogen and oxygen atoms in total. The lowest BCUT2D eigenvalue weighted by Crippen LogP contribution is -2.30. The second kappa shape index (κ2) is 21.0. The Balaban J connectivity index is 2.30. The fourth-order valence-corrected chi connectivity index (χ4v) is 4.28. The Labute approximate surface area is 204 Å². The first kappa shape index (κ1) is 29.5. The zero-order chi connectivity index (χ0) is 24.0. The van der Waals surface area contributed by atoms with Gasteiger partial charge in [0.1, 0.15) is 18.1 Å². The van der Waals surface area contributed by atoms with Crippen molar-refractivity contribution in [2.75, 3.05) is 26.2 Å². The predicted molar refractivity (Wildman–Crippen MR) is 141 cm³/mol. The highest BCUT2D eigenvalue weighted by atomic mass is 16.5. The number of ether oxygens (including phenoxy) is 1. The van der Waals surface area contributed by atoms with Gasteiger partial charge in [0.25, 0.3) is 0 Å². The van der Waals surface area contributed by atoms with Gasteiger partial charge < -0.3 is 9.84 Å². The van der Waals surface area contributed by atoms with Crippen molar-refractivity contribution in [1.82, 2.24) is 4.90 Å². The summed E-state index contributed by atoms with van der Waals surface area (Å²) in [5.41, 5.74) is 0.299. The number of unbranched alkanes of at least 4 members (excludes halogenated alkanes) is 14. The summed E-state index contributed by atoms with van der Waals surface area (Å²) < 4.78 is 5.86. The van der Waals surface area contributed by atoms with Gasteiger partial charge in [-0.2, -0.15) is 0 Å². The maximum Gasteiger partial charge on any atom is 0.153 e. The van der Waals surface area contributed by atoms with Crippen LogP contribution in [0.15, 0.2) is 18.2 Å². The minimum Gasteiger partial charge on any atom is -0.507 e. The summed E-state index contributed by atoms with van der Waals surface area (Å²) in [4.78, 5) is 13.4. The number of nitrogens with zero attached hydrogens (tertiary/aromatic N) is 1. The van der Waals surface area contributed by atoms with Crippen LogP contribution < -0.4 is 4.74 Å². The molecule has 0 heterocycles. The molecular formula is C29H51NO3. The van der Waals surface area contributed by atoms with E-state index in [1.54, 1.807) is 12.1 Å². The Hall–Kier alpha value is -1.55. The van der Waals surface area contributed by atoms with E-state index in [0.29, 0.717) is 24.2 Å². The van der Waals surface area contributed by atoms with Crippen molar-refractivity contribution < 1.29 is 14.6 Å². The lowest BCUT2D eigenvalue weighted by molar-refractivity contribution is 0.112. The fraction of sp³-hybridized carbons (Fsp3) is 0.759. The summed E-state index contributed by atoms with van der Waals surface area (Å²) in [5.74, 6) is 0.606. The van der Waals surface area contributed by atoms with Crippen molar-refractivity contribution in [2.24, 2.45) is 0 Å². The highest BCUT2D eigenvalue weighted by Crippen LogP contribution is 2.22. The molecule has 1 N–H and O–H groups in total. The molecule has 0 unspecified atom stereocenters. The molecular weight excluding hydrogens is 410 g/mol. The number of rotatable bonds is 23. The SMILES string of the molecule is CCCCCCCCCCN(CCCCCCCCCC)CCOc1ccc(C=O)c(O)c1. The Morgan fingerprint density at radius 1 is 0.727 bits per heavy atom. The molecule has 0 radical (unpaired) electrons. The molecule has 1 rings (SSSR count). The molecule has 1 aromatic rings. The van der Waals surface area contributed by atoms with Gasteiger partial charge in [0, 0.05) is 12.6 Å². The van der Waals surface area contributed by atoms with E-state index in [-0.39, 0.29) is 5.75 Å². The van der Waals surface area contributed by atoms with Crippen LogP contribution in [0, 0.1) is 0 Å². The molecule has 0 spiro atoms. The standard InChI is InChI=1S/C29H51NO3/c1-3-5-7-9-11-13-15-17-21-30(22-18-16-14-12-10-8-6-4-2)23-24-33-28-20-19-27(26-31)29(32)25-28/h19-20,25-26,32H,3-18,21-24H2,1-2H3. The van der Waals surface area contributed by atoms with Crippen LogP contribution in [-0.4, -0.2) is 42.5 Å². The van der Waals surface area contributed by atoms with E-state index in [1.165, 1.54) is 109 Å². The maximum atomic E-state index is 10.9. The molecule has 0 saturated carbocycles. The second-order valence-corrected chi connectivity index (χ2v) is 9.48. The first-order chi connectivity index (χ1) is 16.2. The Kier molecular flexibility index (Phi) is 18.8. The third-order valence-corrected chi connectivity index (χ3v) is 6.46. The summed E-state index contributed by atoms with van der Waals surface area (Å²) in [6.45, 7) is 8.34. The average Bonchev–Trinajstić information content (AvgIpc) is 2.82. The number of carbonyl (C=O) groups excluding carboxylic acids is 1. The zero-order valence-corrected chi connectivity index (χ0v) is 21.7. The third kappa shape index (κ3) is 15.8. The quantitative estimate of drug-likeness (QED) is 0.132. The summed E-state index contributed by atoms with van der Waals surface area (Å²) in [5, 5.41) is 9.85. The summed E-state index contributed by atoms with van der Waals surface area (Å²) in [7, 11) is 0. The number of hydrogen-bond donors (Lipinski definition) is 1. The maximum absolute atomic E-state index is 10.9. The summed E-state index contributed by atoms with van der Waals surface area (Å²) >= 11 is 0. The van der Waals surface area contributed by atoms with Gasteiger partial charge in [-0.1, -0.05) is 104 Å². The topological polar surface area (TPSA) is 49.8 Å². The van der Waals surface area contributed by atoms with Gasteiger partial charge in [0.2, 0.25) is 0 Å². The monoisotopic (exact) mass is 461 g/mol. The van der Waals surface area contributed by atoms with Gasteiger partial charge in [-0.3, -0.25) is 9.69 Å². The largest absolute Gasteiger partial charge is 0.507 e. The first-order valence-electron chi connectivity index (χ1n) is 13.8. The van der Waals surface area contributed by atoms with Crippen molar-refractivity contribution in [3.63, 3.8) is 0 Å². The van der Waals surface area contributed by atoms with Gasteiger partial charge in [-0.05, 0) is 38.1 Å². The van der Waals surface area contributed by atoms with E-state index in [2.05, 4.69) is 18.7 Å². The van der Waals surface area contributed by atoms with Crippen molar-refractivity contribution in [1.29, 1.82) is 0 Å². The minimum atomic E-state index is -0.0165. The smallest absolute Gasteiger partial charge is 0.153 e. The lowest BCUT2D eigenvalue weighted by atomic mass is 10.1. The molecule has 0 aromatic heterocycles. The van der Waals surface area contributed by atoms with Crippen molar-refractivity contribution in [2.45, 2.75) is 117 Å². The molecule has 4 heteroatoms. The summed E-state index contributed by atoms with van der Waals surface area (Å²) in [6.07, 6.45) is 22.2. The molecule has 0 bridgehead atoms. The molecule has 0 saturated heterocycles. The van der Waals surface area contributed by atoms with Crippen molar-refractivity contribution in [3.05, 3.63) is 23.8 Å². The second-order valence-electron chi connectivity index (χ2n) is 9.48. The Morgan fingerprint density at radius 2 is 1.21 bits per heavy atom. The third-order valence-electron chi connectivity index (χ3n) is 6.46. The highest BCUT2D eigenvalue weighted by Gasteiger charge is 2.07. The Bertz CT molecular complexity index is 570. The van der Waals surface area contributed by atoms with Crippen LogP contribution >= 0.6 is 0 Å². The Morgan fingerprint density at radius 3 is 1.67 bits per heavy atom. The zero-order valence-electron chi connectivity index (χ0n) is 21.7. The van der Waals surface area contributed by atoms with Crippen LogP contribution in [0.2, 0.25) is 0 Å². The number of aldehydes is 1. The molecule has 0 amide bonds. The van der Waals surface area contributed by atoms with Gasteiger partial charge in [0.05, 0.1) is 5.56 Å².